The fraction of sp³-hybridized carbons (Fsp3) is 0.250. The zero-order valence-corrected chi connectivity index (χ0v) is 4.40. The van der Waals surface area contributed by atoms with E-state index in [1.54, 1.807) is 13.2 Å². The monoisotopic (exact) mass is 111 g/mol. The third-order valence-electron chi connectivity index (χ3n) is 0.797. The van der Waals surface area contributed by atoms with Crippen molar-refractivity contribution in [1.82, 2.24) is 9.78 Å². The molecule has 0 saturated heterocycles. The minimum Gasteiger partial charge on any atom is -0.273 e. The summed E-state index contributed by atoms with van der Waals surface area (Å²) in [5.41, 5.74) is 0.368. The minimum atomic E-state index is 0.368. The second-order valence-corrected chi connectivity index (χ2v) is 1.46. The molecule has 0 bridgehead atoms. The standard InChI is InChI=1S/C4H5N3O/c1-7-3-4(6-8)2-5-7/h2-3H,1H3. The van der Waals surface area contributed by atoms with Crippen LogP contribution in [-0.2, 0) is 7.05 Å². The smallest absolute Gasteiger partial charge is 0.145 e. The Bertz CT molecular complexity index is 193. The first-order chi connectivity index (χ1) is 3.83. The Hall–Kier alpha value is -1.19. The van der Waals surface area contributed by atoms with Crippen LogP contribution < -0.4 is 0 Å². The molecule has 0 aliphatic rings. The molecule has 0 fully saturated rings. The van der Waals surface area contributed by atoms with Crippen molar-refractivity contribution in [3.8, 4) is 0 Å². The molecule has 1 aromatic heterocycles. The van der Waals surface area contributed by atoms with Crippen LogP contribution in [0.4, 0.5) is 5.69 Å². The van der Waals surface area contributed by atoms with Crippen LogP contribution in [0.5, 0.6) is 0 Å². The zero-order valence-electron chi connectivity index (χ0n) is 4.40. The molecule has 0 atom stereocenters. The van der Waals surface area contributed by atoms with Gasteiger partial charge in [0.25, 0.3) is 0 Å². The summed E-state index contributed by atoms with van der Waals surface area (Å²) in [7, 11) is 1.73. The maximum atomic E-state index is 9.72. The summed E-state index contributed by atoms with van der Waals surface area (Å²) >= 11 is 0. The van der Waals surface area contributed by atoms with E-state index >= 15 is 0 Å². The summed E-state index contributed by atoms with van der Waals surface area (Å²) in [6.45, 7) is 0. The Morgan fingerprint density at radius 3 is 2.88 bits per heavy atom. The molecule has 1 aromatic rings. The highest BCUT2D eigenvalue weighted by molar-refractivity contribution is 5.28. The van der Waals surface area contributed by atoms with Gasteiger partial charge in [0.05, 0.1) is 12.4 Å². The van der Waals surface area contributed by atoms with E-state index in [9.17, 15) is 4.91 Å². The summed E-state index contributed by atoms with van der Waals surface area (Å²) in [4.78, 5) is 9.72. The largest absolute Gasteiger partial charge is 0.273 e. The average Bonchev–Trinajstić information content (AvgIpc) is 2.14. The van der Waals surface area contributed by atoms with E-state index in [0.29, 0.717) is 5.69 Å². The molecule has 0 amide bonds. The van der Waals surface area contributed by atoms with Crippen LogP contribution in [0.2, 0.25) is 0 Å². The van der Waals surface area contributed by atoms with Crippen molar-refractivity contribution in [2.75, 3.05) is 0 Å². The van der Waals surface area contributed by atoms with Crippen molar-refractivity contribution in [3.63, 3.8) is 0 Å². The van der Waals surface area contributed by atoms with E-state index in [-0.39, 0.29) is 0 Å². The highest BCUT2D eigenvalue weighted by Gasteiger charge is 1.89. The van der Waals surface area contributed by atoms with Gasteiger partial charge in [-0.3, -0.25) is 4.68 Å². The number of aromatic nitrogens is 2. The number of aryl methyl sites for hydroxylation is 1. The first-order valence-corrected chi connectivity index (χ1v) is 2.15. The number of nitrogens with zero attached hydrogens (tertiary/aromatic N) is 3. The molecule has 42 valence electrons. The van der Waals surface area contributed by atoms with Gasteiger partial charge in [-0.15, -0.1) is 4.91 Å². The summed E-state index contributed by atoms with van der Waals surface area (Å²) in [5, 5.41) is 6.37. The summed E-state index contributed by atoms with van der Waals surface area (Å²) < 4.78 is 1.52. The predicted molar refractivity (Wildman–Crippen MR) is 28.7 cm³/mol. The Balaban J connectivity index is 3.00. The van der Waals surface area contributed by atoms with E-state index in [1.807, 2.05) is 0 Å². The quantitative estimate of drug-likeness (QED) is 0.503. The molecule has 0 aromatic carbocycles. The van der Waals surface area contributed by atoms with Crippen molar-refractivity contribution in [1.29, 1.82) is 0 Å². The summed E-state index contributed by atoms with van der Waals surface area (Å²) in [5.74, 6) is 0. The molecule has 0 spiro atoms. The molecule has 0 aliphatic heterocycles. The van der Waals surface area contributed by atoms with Crippen molar-refractivity contribution in [3.05, 3.63) is 17.3 Å². The van der Waals surface area contributed by atoms with Crippen LogP contribution in [0.25, 0.3) is 0 Å². The predicted octanol–water partition coefficient (Wildman–Crippen LogP) is 0.818. The van der Waals surface area contributed by atoms with Gasteiger partial charge in [-0.25, -0.2) is 0 Å². The second-order valence-electron chi connectivity index (χ2n) is 1.46. The molecular weight excluding hydrogens is 106 g/mol. The molecule has 8 heavy (non-hydrogen) atoms. The third kappa shape index (κ3) is 0.726. The fourth-order valence-electron chi connectivity index (χ4n) is 0.455. The highest BCUT2D eigenvalue weighted by Crippen LogP contribution is 2.05. The molecule has 4 heteroatoms. The molecule has 0 saturated carbocycles. The normalized spacial score (nSPS) is 9.12. The van der Waals surface area contributed by atoms with Gasteiger partial charge < -0.3 is 0 Å². The third-order valence-corrected chi connectivity index (χ3v) is 0.797. The first-order valence-electron chi connectivity index (χ1n) is 2.15. The molecule has 1 heterocycles. The van der Waals surface area contributed by atoms with Crippen LogP contribution in [0.1, 0.15) is 0 Å². The number of hydrogen-bond acceptors (Lipinski definition) is 3. The van der Waals surface area contributed by atoms with Crippen LogP contribution in [0.3, 0.4) is 0 Å². The molecule has 0 unspecified atom stereocenters. The molecule has 0 radical (unpaired) electrons. The van der Waals surface area contributed by atoms with Gasteiger partial charge in [0.2, 0.25) is 0 Å². The van der Waals surface area contributed by atoms with E-state index in [2.05, 4.69) is 10.3 Å². The molecule has 4 nitrogen and oxygen atoms in total. The van der Waals surface area contributed by atoms with Gasteiger partial charge in [0.15, 0.2) is 0 Å². The van der Waals surface area contributed by atoms with Crippen molar-refractivity contribution >= 4 is 5.69 Å². The van der Waals surface area contributed by atoms with Crippen molar-refractivity contribution < 1.29 is 0 Å². The Labute approximate surface area is 46.1 Å². The fourth-order valence-corrected chi connectivity index (χ4v) is 0.455. The average molecular weight is 111 g/mol. The Kier molecular flexibility index (Phi) is 1.07. The van der Waals surface area contributed by atoms with Crippen LogP contribution in [0.15, 0.2) is 17.6 Å². The lowest BCUT2D eigenvalue weighted by Crippen LogP contribution is -1.83. The lowest BCUT2D eigenvalue weighted by molar-refractivity contribution is 0.768. The van der Waals surface area contributed by atoms with Crippen molar-refractivity contribution in [2.45, 2.75) is 0 Å². The van der Waals surface area contributed by atoms with Crippen LogP contribution in [-0.4, -0.2) is 9.78 Å². The molecule has 0 aliphatic carbocycles. The molecule has 0 N–H and O–H groups in total. The summed E-state index contributed by atoms with van der Waals surface area (Å²) in [6.07, 6.45) is 2.96. The van der Waals surface area contributed by atoms with Gasteiger partial charge in [0.1, 0.15) is 5.69 Å². The van der Waals surface area contributed by atoms with E-state index in [4.69, 9.17) is 0 Å². The maximum Gasteiger partial charge on any atom is 0.145 e. The topological polar surface area (TPSA) is 47.2 Å². The number of nitroso groups, excluding NO2 is 1. The van der Waals surface area contributed by atoms with Gasteiger partial charge in [-0.2, -0.15) is 5.10 Å². The first kappa shape index (κ1) is 4.96. The van der Waals surface area contributed by atoms with Gasteiger partial charge >= 0.3 is 0 Å². The van der Waals surface area contributed by atoms with Crippen LogP contribution in [0, 0.1) is 4.91 Å². The summed E-state index contributed by atoms with van der Waals surface area (Å²) in [6, 6.07) is 0. The van der Waals surface area contributed by atoms with Gasteiger partial charge in [-0.1, -0.05) is 0 Å². The second kappa shape index (κ2) is 1.73. The van der Waals surface area contributed by atoms with Gasteiger partial charge in [0, 0.05) is 7.05 Å². The van der Waals surface area contributed by atoms with E-state index < -0.39 is 0 Å². The lowest BCUT2D eigenvalue weighted by atomic mass is 10.6. The Morgan fingerprint density at radius 1 is 1.88 bits per heavy atom. The van der Waals surface area contributed by atoms with E-state index in [0.717, 1.165) is 0 Å². The maximum absolute atomic E-state index is 9.72. The zero-order chi connectivity index (χ0) is 5.98. The molecular formula is C4H5N3O. The highest BCUT2D eigenvalue weighted by atomic mass is 16.3. The SMILES string of the molecule is Cn1cc(N=O)cn1. The van der Waals surface area contributed by atoms with E-state index in [1.165, 1.54) is 10.9 Å². The molecule has 1 rings (SSSR count). The Morgan fingerprint density at radius 2 is 2.62 bits per heavy atom. The number of rotatable bonds is 1. The van der Waals surface area contributed by atoms with Gasteiger partial charge in [-0.05, 0) is 5.18 Å². The lowest BCUT2D eigenvalue weighted by Gasteiger charge is -1.77. The number of hydrogen-bond donors (Lipinski definition) is 0. The van der Waals surface area contributed by atoms with Crippen LogP contribution >= 0.6 is 0 Å². The minimum absolute atomic E-state index is 0.368. The van der Waals surface area contributed by atoms with Crippen molar-refractivity contribution in [2.24, 2.45) is 12.2 Å².